The zero-order chi connectivity index (χ0) is 20.3. The number of rotatable bonds is 0. The molecule has 5 rings (SSSR count). The van der Waals surface area contributed by atoms with Gasteiger partial charge in [0.15, 0.2) is 22.9 Å². The van der Waals surface area contributed by atoms with E-state index in [9.17, 15) is 61.5 Å². The van der Waals surface area contributed by atoms with Crippen LogP contribution in [-0.2, 0) is 0 Å². The predicted octanol–water partition coefficient (Wildman–Crippen LogP) is 5.07. The van der Waals surface area contributed by atoms with Gasteiger partial charge in [0, 0.05) is 5.57 Å². The highest BCUT2D eigenvalue weighted by Crippen LogP contribution is 2.95. The maximum Gasteiger partial charge on any atom is 0.357 e. The van der Waals surface area contributed by atoms with Crippen LogP contribution in [0.25, 0.3) is 0 Å². The van der Waals surface area contributed by atoms with Gasteiger partial charge in [-0.2, -0.15) is 26.3 Å². The third-order valence-corrected chi connectivity index (χ3v) is 5.58. The summed E-state index contributed by atoms with van der Waals surface area (Å²) in [6.45, 7) is 0. The first-order valence-electron chi connectivity index (χ1n) is 6.40. The van der Waals surface area contributed by atoms with Gasteiger partial charge in [-0.3, -0.25) is 0 Å². The minimum atomic E-state index is -6.98. The Bertz CT molecular complexity index is 852. The van der Waals surface area contributed by atoms with Crippen molar-refractivity contribution in [1.29, 1.82) is 0 Å². The average molecular weight is 410 g/mol. The smallest absolute Gasteiger partial charge is 0.228 e. The molecule has 0 saturated heterocycles. The van der Waals surface area contributed by atoms with Gasteiger partial charge >= 0.3 is 23.7 Å². The Hall–Kier alpha value is -1.50. The van der Waals surface area contributed by atoms with Crippen LogP contribution in [0.1, 0.15) is 0 Å². The lowest BCUT2D eigenvalue weighted by Crippen LogP contribution is -2.79. The molecule has 0 aromatic heterocycles. The summed E-state index contributed by atoms with van der Waals surface area (Å²) in [6.07, 6.45) is 0. The number of allylic oxidation sites excluding steroid dienone is 4. The summed E-state index contributed by atoms with van der Waals surface area (Å²) in [5, 5.41) is 0. The lowest BCUT2D eigenvalue weighted by molar-refractivity contribution is -0.350. The molecule has 0 aliphatic heterocycles. The third-order valence-electron chi connectivity index (χ3n) is 5.58. The quantitative estimate of drug-likeness (QED) is 0.490. The highest BCUT2D eigenvalue weighted by Gasteiger charge is 3.19. The van der Waals surface area contributed by atoms with E-state index in [0.29, 0.717) is 0 Å². The fraction of sp³-hybridized carbons (Fsp3) is 0.667. The molecule has 0 N–H and O–H groups in total. The van der Waals surface area contributed by atoms with E-state index in [-0.39, 0.29) is 0 Å². The molecular formula is C12F14. The maximum atomic E-state index is 14.7. The van der Waals surface area contributed by atoms with Crippen LogP contribution in [0.15, 0.2) is 23.1 Å². The summed E-state index contributed by atoms with van der Waals surface area (Å²) in [5.41, 5.74) is -28.2. The molecule has 2 saturated carbocycles. The Morgan fingerprint density at radius 1 is 0.500 bits per heavy atom. The molecule has 1 spiro atoms. The van der Waals surface area contributed by atoms with Crippen molar-refractivity contribution in [2.75, 3.05) is 0 Å². The van der Waals surface area contributed by atoms with Crippen molar-refractivity contribution in [2.45, 2.75) is 40.7 Å². The van der Waals surface area contributed by atoms with Crippen LogP contribution >= 0.6 is 0 Å². The molecule has 2 fully saturated rings. The maximum absolute atomic E-state index is 14.7. The van der Waals surface area contributed by atoms with Crippen molar-refractivity contribution in [2.24, 2.45) is 5.41 Å². The second-order valence-electron chi connectivity index (χ2n) is 6.34. The Labute approximate surface area is 132 Å². The van der Waals surface area contributed by atoms with Crippen molar-refractivity contribution in [1.82, 2.24) is 0 Å². The van der Waals surface area contributed by atoms with Crippen LogP contribution in [0, 0.1) is 5.41 Å². The lowest BCUT2D eigenvalue weighted by Gasteiger charge is -2.55. The molecule has 5 aliphatic carbocycles. The molecule has 4 atom stereocenters. The summed E-state index contributed by atoms with van der Waals surface area (Å²) in [7, 11) is 0. The van der Waals surface area contributed by atoms with Crippen LogP contribution in [0.4, 0.5) is 61.5 Å². The van der Waals surface area contributed by atoms with E-state index in [1.807, 2.05) is 0 Å². The van der Waals surface area contributed by atoms with Crippen LogP contribution in [0.5, 0.6) is 0 Å². The molecular weight excluding hydrogens is 410 g/mol. The number of halogens is 14. The van der Waals surface area contributed by atoms with Gasteiger partial charge in [0.2, 0.25) is 0 Å². The first-order chi connectivity index (χ1) is 11.3. The van der Waals surface area contributed by atoms with Crippen LogP contribution in [-0.4, -0.2) is 40.7 Å². The standard InChI is InChI=1S/C12F14/c13-2-1-5(16)3(14)4(15)7(17,12(25,26)10(5,21)22)6(1)9(20,8(2,18)19)11(6,23)24/t5-,6?,7-,9-/m0/s1. The van der Waals surface area contributed by atoms with Crippen LogP contribution < -0.4 is 0 Å². The fourth-order valence-electron chi connectivity index (χ4n) is 4.40. The van der Waals surface area contributed by atoms with Crippen molar-refractivity contribution >= 4 is 0 Å². The predicted molar refractivity (Wildman–Crippen MR) is 51.1 cm³/mol. The van der Waals surface area contributed by atoms with E-state index in [1.165, 1.54) is 0 Å². The van der Waals surface area contributed by atoms with Crippen molar-refractivity contribution < 1.29 is 61.5 Å². The number of alkyl halides is 11. The van der Waals surface area contributed by atoms with E-state index < -0.39 is 69.2 Å². The largest absolute Gasteiger partial charge is 0.357 e. The summed E-state index contributed by atoms with van der Waals surface area (Å²) in [4.78, 5) is 0. The van der Waals surface area contributed by atoms with E-state index in [0.717, 1.165) is 0 Å². The summed E-state index contributed by atoms with van der Waals surface area (Å²) < 4.78 is 195. The van der Waals surface area contributed by atoms with Crippen LogP contribution in [0.3, 0.4) is 0 Å². The van der Waals surface area contributed by atoms with Gasteiger partial charge in [-0.1, -0.05) is 0 Å². The lowest BCUT2D eigenvalue weighted by atomic mass is 9.55. The Balaban J connectivity index is 2.31. The molecule has 14 heteroatoms. The van der Waals surface area contributed by atoms with Gasteiger partial charge in [-0.05, 0) is 0 Å². The minimum absolute atomic E-state index is 3.60. The minimum Gasteiger partial charge on any atom is -0.228 e. The molecule has 0 heterocycles. The molecule has 26 heavy (non-hydrogen) atoms. The van der Waals surface area contributed by atoms with Gasteiger partial charge in [0.25, 0.3) is 17.0 Å². The van der Waals surface area contributed by atoms with Gasteiger partial charge in [-0.25, -0.2) is 35.1 Å². The van der Waals surface area contributed by atoms with Crippen molar-refractivity contribution in [3.63, 3.8) is 0 Å². The van der Waals surface area contributed by atoms with Gasteiger partial charge in [0.1, 0.15) is 0 Å². The van der Waals surface area contributed by atoms with E-state index in [2.05, 4.69) is 0 Å². The molecule has 146 valence electrons. The monoisotopic (exact) mass is 410 g/mol. The average Bonchev–Trinajstić information content (AvgIpc) is 2.84. The summed E-state index contributed by atoms with van der Waals surface area (Å²) >= 11 is 0. The Morgan fingerprint density at radius 3 is 1.42 bits per heavy atom. The van der Waals surface area contributed by atoms with E-state index in [4.69, 9.17) is 0 Å². The van der Waals surface area contributed by atoms with Crippen molar-refractivity contribution in [3.8, 4) is 0 Å². The first kappa shape index (κ1) is 17.9. The topological polar surface area (TPSA) is 0 Å². The zero-order valence-electron chi connectivity index (χ0n) is 11.3. The molecule has 0 amide bonds. The summed E-state index contributed by atoms with van der Waals surface area (Å²) in [5.74, 6) is -37.9. The molecule has 2 bridgehead atoms. The van der Waals surface area contributed by atoms with E-state index in [1.54, 1.807) is 0 Å². The highest BCUT2D eigenvalue weighted by atomic mass is 19.3. The molecule has 1 unspecified atom stereocenters. The van der Waals surface area contributed by atoms with Gasteiger partial charge < -0.3 is 0 Å². The first-order valence-corrected chi connectivity index (χ1v) is 6.40. The fourth-order valence-corrected chi connectivity index (χ4v) is 4.40. The van der Waals surface area contributed by atoms with Crippen LogP contribution in [0.2, 0.25) is 0 Å². The SMILES string of the molecule is FC1=C2C3(C(F)(F)[C@@]3(F)C1(F)F)[C@@]1(F)C(F)=C(F)[C@]2(F)C(F)(F)C1(F)F. The Kier molecular flexibility index (Phi) is 2.39. The molecule has 0 radical (unpaired) electrons. The van der Waals surface area contributed by atoms with E-state index >= 15 is 0 Å². The van der Waals surface area contributed by atoms with Gasteiger partial charge in [0.05, 0.1) is 0 Å². The number of fused-ring (bicyclic) bond motifs is 1. The van der Waals surface area contributed by atoms with Gasteiger partial charge in [-0.15, -0.1) is 0 Å². The molecule has 0 nitrogen and oxygen atoms in total. The summed E-state index contributed by atoms with van der Waals surface area (Å²) in [6, 6.07) is 0. The second-order valence-corrected chi connectivity index (χ2v) is 6.34. The molecule has 0 aromatic carbocycles. The normalized spacial score (nSPS) is 51.5. The second kappa shape index (κ2) is 3.48. The molecule has 5 aliphatic rings. The Morgan fingerprint density at radius 2 is 0.962 bits per heavy atom. The van der Waals surface area contributed by atoms with Crippen molar-refractivity contribution in [3.05, 3.63) is 23.1 Å². The number of hydrogen-bond donors (Lipinski definition) is 0. The molecule has 0 aromatic rings. The third kappa shape index (κ3) is 0.917. The number of hydrogen-bond acceptors (Lipinski definition) is 0. The highest BCUT2D eigenvalue weighted by molar-refractivity contribution is 5.73. The zero-order valence-corrected chi connectivity index (χ0v) is 11.3.